The molecule has 1 amide bonds. The summed E-state index contributed by atoms with van der Waals surface area (Å²) in [6.45, 7) is 1.62. The van der Waals surface area contributed by atoms with Gasteiger partial charge >= 0.3 is 5.63 Å². The molecule has 0 saturated carbocycles. The second kappa shape index (κ2) is 6.79. The third kappa shape index (κ3) is 3.38. The third-order valence-corrected chi connectivity index (χ3v) is 4.74. The van der Waals surface area contributed by atoms with Crippen molar-refractivity contribution < 1.29 is 19.1 Å². The quantitative estimate of drug-likeness (QED) is 0.547. The Morgan fingerprint density at radius 3 is 2.81 bits per heavy atom. The zero-order valence-corrected chi connectivity index (χ0v) is 14.9. The molecular formula is C21H19NO5. The first-order valence-electron chi connectivity index (χ1n) is 8.82. The molecule has 0 fully saturated rings. The predicted molar refractivity (Wildman–Crippen MR) is 101 cm³/mol. The van der Waals surface area contributed by atoms with Crippen molar-refractivity contribution in [3.8, 4) is 11.5 Å². The molecule has 138 valence electrons. The molecule has 1 heterocycles. The average Bonchev–Trinajstić information content (AvgIpc) is 3.13. The maximum atomic E-state index is 12.1. The fourth-order valence-corrected chi connectivity index (χ4v) is 3.44. The summed E-state index contributed by atoms with van der Waals surface area (Å²) in [6.07, 6.45) is 2.60. The number of aromatic hydroxyl groups is 1. The minimum Gasteiger partial charge on any atom is -0.506 e. The lowest BCUT2D eigenvalue weighted by molar-refractivity contribution is -0.118. The molecule has 0 unspecified atom stereocenters. The molecule has 0 radical (unpaired) electrons. The van der Waals surface area contributed by atoms with Crippen LogP contribution in [0.2, 0.25) is 0 Å². The topological polar surface area (TPSA) is 88.8 Å². The highest BCUT2D eigenvalue weighted by Gasteiger charge is 2.19. The first-order valence-corrected chi connectivity index (χ1v) is 8.82. The summed E-state index contributed by atoms with van der Waals surface area (Å²) >= 11 is 0. The third-order valence-electron chi connectivity index (χ3n) is 4.74. The van der Waals surface area contributed by atoms with E-state index in [1.807, 2.05) is 13.0 Å². The SMILES string of the molecule is Cc1ccc(NC(=O)COc2ccc3c4c(c(=O)oc3c2)CCC4)c(O)c1. The van der Waals surface area contributed by atoms with E-state index in [1.54, 1.807) is 30.3 Å². The van der Waals surface area contributed by atoms with Crippen LogP contribution in [0.4, 0.5) is 5.69 Å². The average molecular weight is 365 g/mol. The molecule has 3 aromatic rings. The Morgan fingerprint density at radius 2 is 2.00 bits per heavy atom. The molecule has 1 aromatic heterocycles. The summed E-state index contributed by atoms with van der Waals surface area (Å²) in [5.41, 5.74) is 3.23. The smallest absolute Gasteiger partial charge is 0.339 e. The number of nitrogens with one attached hydrogen (secondary N) is 1. The summed E-state index contributed by atoms with van der Waals surface area (Å²) in [7, 11) is 0. The van der Waals surface area contributed by atoms with E-state index < -0.39 is 5.91 Å². The van der Waals surface area contributed by atoms with E-state index in [0.717, 1.165) is 41.3 Å². The Morgan fingerprint density at radius 1 is 1.19 bits per heavy atom. The van der Waals surface area contributed by atoms with Gasteiger partial charge in [0.2, 0.25) is 0 Å². The number of hydrogen-bond donors (Lipinski definition) is 2. The number of hydrogen-bond acceptors (Lipinski definition) is 5. The van der Waals surface area contributed by atoms with Crippen LogP contribution in [0, 0.1) is 6.92 Å². The monoisotopic (exact) mass is 365 g/mol. The van der Waals surface area contributed by atoms with Crippen LogP contribution in [0.3, 0.4) is 0 Å². The van der Waals surface area contributed by atoms with E-state index in [2.05, 4.69) is 5.32 Å². The van der Waals surface area contributed by atoms with Gasteiger partial charge in [-0.1, -0.05) is 6.07 Å². The number of aryl methyl sites for hydroxylation is 2. The molecule has 0 saturated heterocycles. The number of fused-ring (bicyclic) bond motifs is 3. The van der Waals surface area contributed by atoms with Crippen LogP contribution in [0.15, 0.2) is 45.6 Å². The largest absolute Gasteiger partial charge is 0.506 e. The number of phenols is 1. The summed E-state index contributed by atoms with van der Waals surface area (Å²) in [6, 6.07) is 10.2. The van der Waals surface area contributed by atoms with Gasteiger partial charge in [0, 0.05) is 17.0 Å². The normalized spacial score (nSPS) is 12.8. The minimum absolute atomic E-state index is 0.00434. The molecule has 4 rings (SSSR count). The number of anilines is 1. The molecule has 0 spiro atoms. The van der Waals surface area contributed by atoms with Gasteiger partial charge in [0.15, 0.2) is 6.61 Å². The molecule has 0 atom stereocenters. The first-order chi connectivity index (χ1) is 13.0. The maximum Gasteiger partial charge on any atom is 0.339 e. The number of carbonyl (C=O) groups is 1. The fraction of sp³-hybridized carbons (Fsp3) is 0.238. The standard InChI is InChI=1S/C21H19NO5/c1-12-5-8-17(18(23)9-12)22-20(24)11-26-13-6-7-15-14-3-2-4-16(14)21(25)27-19(15)10-13/h5-10,23H,2-4,11H2,1H3,(H,22,24). The van der Waals surface area contributed by atoms with Crippen molar-refractivity contribution in [2.75, 3.05) is 11.9 Å². The van der Waals surface area contributed by atoms with Crippen molar-refractivity contribution >= 4 is 22.6 Å². The Kier molecular flexibility index (Phi) is 4.32. The van der Waals surface area contributed by atoms with Crippen LogP contribution in [0.1, 0.15) is 23.1 Å². The van der Waals surface area contributed by atoms with Crippen LogP contribution in [0.5, 0.6) is 11.5 Å². The summed E-state index contributed by atoms with van der Waals surface area (Å²) in [5.74, 6) is 0.0428. The molecule has 6 heteroatoms. The number of carbonyl (C=O) groups excluding carboxylic acids is 1. The number of phenolic OH excluding ortho intramolecular Hbond substituents is 1. The molecule has 6 nitrogen and oxygen atoms in total. The van der Waals surface area contributed by atoms with E-state index in [0.29, 0.717) is 17.0 Å². The summed E-state index contributed by atoms with van der Waals surface area (Å²) in [4.78, 5) is 24.1. The molecule has 1 aliphatic carbocycles. The zero-order valence-electron chi connectivity index (χ0n) is 14.9. The van der Waals surface area contributed by atoms with Gasteiger partial charge in [-0.3, -0.25) is 4.79 Å². The highest BCUT2D eigenvalue weighted by Crippen LogP contribution is 2.29. The van der Waals surface area contributed by atoms with Crippen molar-refractivity contribution in [1.29, 1.82) is 0 Å². The molecule has 1 aliphatic rings. The molecule has 2 aromatic carbocycles. The lowest BCUT2D eigenvalue weighted by atomic mass is 10.1. The van der Waals surface area contributed by atoms with Crippen LogP contribution >= 0.6 is 0 Å². The summed E-state index contributed by atoms with van der Waals surface area (Å²) < 4.78 is 10.9. The fourth-order valence-electron chi connectivity index (χ4n) is 3.44. The van der Waals surface area contributed by atoms with Crippen molar-refractivity contribution in [1.82, 2.24) is 0 Å². The van der Waals surface area contributed by atoms with E-state index in [4.69, 9.17) is 9.15 Å². The first kappa shape index (κ1) is 17.1. The van der Waals surface area contributed by atoms with Crippen LogP contribution in [0.25, 0.3) is 11.0 Å². The number of benzene rings is 2. The molecule has 0 bridgehead atoms. The zero-order chi connectivity index (χ0) is 19.0. The minimum atomic E-state index is -0.398. The van der Waals surface area contributed by atoms with Gasteiger partial charge in [-0.05, 0) is 61.6 Å². The van der Waals surface area contributed by atoms with Crippen LogP contribution < -0.4 is 15.7 Å². The molecule has 27 heavy (non-hydrogen) atoms. The lowest BCUT2D eigenvalue weighted by Gasteiger charge is -2.10. The number of rotatable bonds is 4. The van der Waals surface area contributed by atoms with Gasteiger partial charge in [0.1, 0.15) is 17.1 Å². The Balaban J connectivity index is 1.48. The van der Waals surface area contributed by atoms with Crippen molar-refractivity contribution in [2.45, 2.75) is 26.2 Å². The Hall–Kier alpha value is -3.28. The number of ether oxygens (including phenoxy) is 1. The van der Waals surface area contributed by atoms with Crippen molar-refractivity contribution in [3.05, 3.63) is 63.5 Å². The van der Waals surface area contributed by atoms with Crippen LogP contribution in [-0.4, -0.2) is 17.6 Å². The van der Waals surface area contributed by atoms with Crippen molar-refractivity contribution in [3.63, 3.8) is 0 Å². The van der Waals surface area contributed by atoms with Gasteiger partial charge in [0.25, 0.3) is 5.91 Å². The van der Waals surface area contributed by atoms with Crippen molar-refractivity contribution in [2.24, 2.45) is 0 Å². The maximum absolute atomic E-state index is 12.1. The van der Waals surface area contributed by atoms with E-state index in [-0.39, 0.29) is 18.0 Å². The van der Waals surface area contributed by atoms with Gasteiger partial charge in [-0.25, -0.2) is 4.79 Å². The second-order valence-corrected chi connectivity index (χ2v) is 6.72. The van der Waals surface area contributed by atoms with Gasteiger partial charge in [0.05, 0.1) is 5.69 Å². The molecule has 0 aliphatic heterocycles. The Bertz CT molecular complexity index is 1100. The molecular weight excluding hydrogens is 346 g/mol. The van der Waals surface area contributed by atoms with E-state index in [1.165, 1.54) is 0 Å². The van der Waals surface area contributed by atoms with E-state index >= 15 is 0 Å². The van der Waals surface area contributed by atoms with Gasteiger partial charge in [-0.15, -0.1) is 0 Å². The van der Waals surface area contributed by atoms with E-state index in [9.17, 15) is 14.7 Å². The molecule has 2 N–H and O–H groups in total. The highest BCUT2D eigenvalue weighted by atomic mass is 16.5. The Labute approximate surface area is 155 Å². The lowest BCUT2D eigenvalue weighted by Crippen LogP contribution is -2.20. The number of amides is 1. The second-order valence-electron chi connectivity index (χ2n) is 6.72. The highest BCUT2D eigenvalue weighted by molar-refractivity contribution is 5.93. The van der Waals surface area contributed by atoms with Gasteiger partial charge < -0.3 is 19.6 Å². The predicted octanol–water partition coefficient (Wildman–Crippen LogP) is 3.31. The van der Waals surface area contributed by atoms with Crippen LogP contribution in [-0.2, 0) is 17.6 Å². The van der Waals surface area contributed by atoms with Gasteiger partial charge in [-0.2, -0.15) is 0 Å². The summed E-state index contributed by atoms with van der Waals surface area (Å²) in [5, 5.41) is 13.4.